The number of rotatable bonds is 5. The fraction of sp³-hybridized carbons (Fsp3) is 0.550. The smallest absolute Gasteiger partial charge is 0.321 e. The minimum Gasteiger partial charge on any atom is -0.481 e. The molecule has 148 valence electrons. The monoisotopic (exact) mass is 375 g/mol. The number of piperidine rings is 1. The van der Waals surface area contributed by atoms with Crippen LogP contribution in [0.2, 0.25) is 0 Å². The van der Waals surface area contributed by atoms with Gasteiger partial charge in [-0.05, 0) is 30.4 Å². The van der Waals surface area contributed by atoms with Crippen molar-refractivity contribution in [3.05, 3.63) is 29.8 Å². The lowest BCUT2D eigenvalue weighted by molar-refractivity contribution is -0.141. The van der Waals surface area contributed by atoms with Crippen LogP contribution >= 0.6 is 0 Å². The summed E-state index contributed by atoms with van der Waals surface area (Å²) in [7, 11) is 1.53. The Labute approximate surface area is 160 Å². The van der Waals surface area contributed by atoms with Gasteiger partial charge in [0.1, 0.15) is 0 Å². The number of carboxylic acid groups (broad SMARTS) is 1. The van der Waals surface area contributed by atoms with E-state index in [1.807, 2.05) is 4.90 Å². The standard InChI is InChI=1S/C20H29N3O4/c1-13-9-14(2)11-23(10-13)18(24)16-7-5-6-8-17(16)21-20(27)22(4)12-15(3)19(25)26/h5-8,13-15H,9-12H2,1-4H3,(H,21,27)(H,25,26). The fourth-order valence-electron chi connectivity index (χ4n) is 3.56. The first-order valence-corrected chi connectivity index (χ1v) is 9.32. The number of para-hydroxylation sites is 1. The molecule has 3 atom stereocenters. The van der Waals surface area contributed by atoms with Crippen molar-refractivity contribution in [1.82, 2.24) is 9.80 Å². The number of carbonyl (C=O) groups excluding carboxylic acids is 2. The van der Waals surface area contributed by atoms with E-state index in [2.05, 4.69) is 19.2 Å². The van der Waals surface area contributed by atoms with Crippen molar-refractivity contribution in [2.45, 2.75) is 27.2 Å². The zero-order valence-electron chi connectivity index (χ0n) is 16.4. The van der Waals surface area contributed by atoms with Gasteiger partial charge in [0.25, 0.3) is 5.91 Å². The second-order valence-corrected chi connectivity index (χ2v) is 7.75. The molecule has 3 amide bonds. The highest BCUT2D eigenvalue weighted by atomic mass is 16.4. The molecule has 1 aromatic carbocycles. The summed E-state index contributed by atoms with van der Waals surface area (Å²) in [5.74, 6) is -0.829. The van der Waals surface area contributed by atoms with Gasteiger partial charge >= 0.3 is 12.0 Å². The average molecular weight is 375 g/mol. The molecular formula is C20H29N3O4. The van der Waals surface area contributed by atoms with Gasteiger partial charge in [-0.2, -0.15) is 0 Å². The molecule has 2 rings (SSSR count). The van der Waals surface area contributed by atoms with Gasteiger partial charge in [-0.3, -0.25) is 9.59 Å². The number of hydrogen-bond acceptors (Lipinski definition) is 3. The van der Waals surface area contributed by atoms with Crippen molar-refractivity contribution in [3.63, 3.8) is 0 Å². The zero-order chi connectivity index (χ0) is 20.1. The first-order valence-electron chi connectivity index (χ1n) is 9.32. The molecule has 0 radical (unpaired) electrons. The highest BCUT2D eigenvalue weighted by Gasteiger charge is 2.28. The third-order valence-electron chi connectivity index (χ3n) is 4.87. The molecular weight excluding hydrogens is 346 g/mol. The second-order valence-electron chi connectivity index (χ2n) is 7.75. The number of aliphatic carboxylic acids is 1. The van der Waals surface area contributed by atoms with Crippen LogP contribution in [0.15, 0.2) is 24.3 Å². The Bertz CT molecular complexity index is 696. The third kappa shape index (κ3) is 5.45. The van der Waals surface area contributed by atoms with Gasteiger partial charge in [0.2, 0.25) is 0 Å². The molecule has 2 N–H and O–H groups in total. The molecule has 7 nitrogen and oxygen atoms in total. The second kappa shape index (κ2) is 8.88. The van der Waals surface area contributed by atoms with Crippen LogP contribution in [0.3, 0.4) is 0 Å². The Balaban J connectivity index is 2.12. The largest absolute Gasteiger partial charge is 0.481 e. The highest BCUT2D eigenvalue weighted by Crippen LogP contribution is 2.25. The van der Waals surface area contributed by atoms with Gasteiger partial charge in [-0.1, -0.05) is 32.9 Å². The molecule has 1 saturated heterocycles. The highest BCUT2D eigenvalue weighted by molar-refractivity contribution is 6.03. The van der Waals surface area contributed by atoms with E-state index in [-0.39, 0.29) is 12.5 Å². The van der Waals surface area contributed by atoms with E-state index in [1.54, 1.807) is 31.2 Å². The molecule has 1 aromatic rings. The lowest BCUT2D eigenvalue weighted by Crippen LogP contribution is -2.43. The maximum atomic E-state index is 13.0. The molecule has 1 fully saturated rings. The average Bonchev–Trinajstić information content (AvgIpc) is 2.60. The van der Waals surface area contributed by atoms with Crippen molar-refractivity contribution in [3.8, 4) is 0 Å². The van der Waals surface area contributed by atoms with Gasteiger partial charge in [0.15, 0.2) is 0 Å². The van der Waals surface area contributed by atoms with Crippen LogP contribution in [0.5, 0.6) is 0 Å². The molecule has 0 aromatic heterocycles. The normalized spacial score (nSPS) is 20.7. The zero-order valence-corrected chi connectivity index (χ0v) is 16.4. The van der Waals surface area contributed by atoms with Crippen LogP contribution in [0, 0.1) is 17.8 Å². The predicted molar refractivity (Wildman–Crippen MR) is 104 cm³/mol. The number of nitrogens with zero attached hydrogens (tertiary/aromatic N) is 2. The SMILES string of the molecule is CC1CC(C)CN(C(=O)c2ccccc2NC(=O)N(C)CC(C)C(=O)O)C1. The van der Waals surface area contributed by atoms with E-state index >= 15 is 0 Å². The van der Waals surface area contributed by atoms with Crippen LogP contribution in [-0.4, -0.2) is 59.5 Å². The third-order valence-corrected chi connectivity index (χ3v) is 4.87. The van der Waals surface area contributed by atoms with Crippen LogP contribution in [0.25, 0.3) is 0 Å². The Kier molecular flexibility index (Phi) is 6.82. The topological polar surface area (TPSA) is 90.0 Å². The Hall–Kier alpha value is -2.57. The van der Waals surface area contributed by atoms with Crippen molar-refractivity contribution in [1.29, 1.82) is 0 Å². The van der Waals surface area contributed by atoms with Gasteiger partial charge in [-0.15, -0.1) is 0 Å². The van der Waals surface area contributed by atoms with E-state index in [1.165, 1.54) is 11.9 Å². The molecule has 0 aliphatic carbocycles. The lowest BCUT2D eigenvalue weighted by Gasteiger charge is -2.35. The maximum absolute atomic E-state index is 13.0. The number of urea groups is 1. The molecule has 0 spiro atoms. The predicted octanol–water partition coefficient (Wildman–Crippen LogP) is 2.99. The van der Waals surface area contributed by atoms with E-state index in [0.717, 1.165) is 6.42 Å². The molecule has 0 bridgehead atoms. The van der Waals surface area contributed by atoms with Gasteiger partial charge in [-0.25, -0.2) is 4.79 Å². The Morgan fingerprint density at radius 2 is 1.81 bits per heavy atom. The maximum Gasteiger partial charge on any atom is 0.321 e. The molecule has 7 heteroatoms. The summed E-state index contributed by atoms with van der Waals surface area (Å²) in [5, 5.41) is 11.7. The first-order chi connectivity index (χ1) is 12.7. The van der Waals surface area contributed by atoms with E-state index in [9.17, 15) is 14.4 Å². The fourth-order valence-corrected chi connectivity index (χ4v) is 3.56. The minimum atomic E-state index is -0.960. The molecule has 27 heavy (non-hydrogen) atoms. The number of amides is 3. The summed E-state index contributed by atoms with van der Waals surface area (Å²) in [6, 6.07) is 6.49. The number of hydrogen-bond donors (Lipinski definition) is 2. The number of benzene rings is 1. The van der Waals surface area contributed by atoms with Gasteiger partial charge < -0.3 is 20.2 Å². The molecule has 1 aliphatic rings. The van der Waals surface area contributed by atoms with Crippen LogP contribution in [0.4, 0.5) is 10.5 Å². The lowest BCUT2D eigenvalue weighted by atomic mass is 9.91. The van der Waals surface area contributed by atoms with Crippen LogP contribution in [0.1, 0.15) is 37.6 Å². The quantitative estimate of drug-likeness (QED) is 0.828. The van der Waals surface area contributed by atoms with Crippen molar-refractivity contribution < 1.29 is 19.5 Å². The molecule has 0 saturated carbocycles. The molecule has 1 heterocycles. The summed E-state index contributed by atoms with van der Waals surface area (Å²) in [6.45, 7) is 7.33. The first kappa shape index (κ1) is 20.7. The Morgan fingerprint density at radius 1 is 1.22 bits per heavy atom. The van der Waals surface area contributed by atoms with Crippen molar-refractivity contribution in [2.75, 3.05) is 32.0 Å². The van der Waals surface area contributed by atoms with Gasteiger partial charge in [0, 0.05) is 26.7 Å². The summed E-state index contributed by atoms with van der Waals surface area (Å²) >= 11 is 0. The van der Waals surface area contributed by atoms with Crippen molar-refractivity contribution in [2.24, 2.45) is 17.8 Å². The van der Waals surface area contributed by atoms with Crippen LogP contribution in [-0.2, 0) is 4.79 Å². The van der Waals surface area contributed by atoms with Gasteiger partial charge in [0.05, 0.1) is 17.2 Å². The summed E-state index contributed by atoms with van der Waals surface area (Å²) < 4.78 is 0. The number of carboxylic acids is 1. The van der Waals surface area contributed by atoms with Crippen molar-refractivity contribution >= 4 is 23.6 Å². The summed E-state index contributed by atoms with van der Waals surface area (Å²) in [6.07, 6.45) is 1.11. The van der Waals surface area contributed by atoms with E-state index < -0.39 is 17.9 Å². The number of anilines is 1. The summed E-state index contributed by atoms with van der Waals surface area (Å²) in [4.78, 5) is 39.6. The van der Waals surface area contributed by atoms with Crippen LogP contribution < -0.4 is 5.32 Å². The number of carbonyl (C=O) groups is 3. The van der Waals surface area contributed by atoms with E-state index in [4.69, 9.17) is 5.11 Å². The minimum absolute atomic E-state index is 0.0818. The summed E-state index contributed by atoms with van der Waals surface area (Å²) in [5.41, 5.74) is 0.889. The molecule has 3 unspecified atom stereocenters. The number of likely N-dealkylation sites (tertiary alicyclic amines) is 1. The Morgan fingerprint density at radius 3 is 2.41 bits per heavy atom. The number of nitrogens with one attached hydrogen (secondary N) is 1. The van der Waals surface area contributed by atoms with E-state index in [0.29, 0.717) is 36.2 Å². The molecule has 1 aliphatic heterocycles.